The van der Waals surface area contributed by atoms with Gasteiger partial charge in [-0.3, -0.25) is 15.1 Å². The number of rotatable bonds is 3. The van der Waals surface area contributed by atoms with Gasteiger partial charge in [0.2, 0.25) is 0 Å². The average Bonchev–Trinajstić information content (AvgIpc) is 2.43. The van der Waals surface area contributed by atoms with E-state index >= 15 is 0 Å². The maximum Gasteiger partial charge on any atom is 0.330 e. The lowest BCUT2D eigenvalue weighted by atomic mass is 10.1. The molecule has 2 aromatic rings. The Bertz CT molecular complexity index is 679. The number of benzene rings is 1. The fourth-order valence-corrected chi connectivity index (χ4v) is 1.56. The molecule has 1 aromatic carbocycles. The number of non-ortho nitro benzene ring substituents is 1. The third kappa shape index (κ3) is 2.92. The number of fused-ring (bicyclic) bond motifs is 1. The number of methoxy groups -OCH3 is 1. The first kappa shape index (κ1) is 12.7. The molecule has 0 saturated heterocycles. The van der Waals surface area contributed by atoms with Gasteiger partial charge in [0.1, 0.15) is 0 Å². The summed E-state index contributed by atoms with van der Waals surface area (Å²) in [4.78, 5) is 25.3. The van der Waals surface area contributed by atoms with Gasteiger partial charge in [0.25, 0.3) is 5.69 Å². The van der Waals surface area contributed by atoms with E-state index in [1.165, 1.54) is 31.5 Å². The third-order valence-corrected chi connectivity index (χ3v) is 2.51. The summed E-state index contributed by atoms with van der Waals surface area (Å²) >= 11 is 0. The minimum atomic E-state index is -0.466. The zero-order chi connectivity index (χ0) is 13.8. The van der Waals surface area contributed by atoms with Crippen LogP contribution in [-0.2, 0) is 9.53 Å². The van der Waals surface area contributed by atoms with E-state index < -0.39 is 10.9 Å². The van der Waals surface area contributed by atoms with Crippen molar-refractivity contribution >= 4 is 28.6 Å². The Hall–Kier alpha value is -2.76. The number of ether oxygens (including phenoxy) is 1. The first-order chi connectivity index (χ1) is 9.10. The van der Waals surface area contributed by atoms with Gasteiger partial charge in [-0.25, -0.2) is 4.79 Å². The van der Waals surface area contributed by atoms with Crippen LogP contribution in [0.5, 0.6) is 0 Å². The summed E-state index contributed by atoms with van der Waals surface area (Å²) in [6.45, 7) is 0. The van der Waals surface area contributed by atoms with E-state index in [-0.39, 0.29) is 5.69 Å². The predicted octanol–water partition coefficient (Wildman–Crippen LogP) is 2.33. The van der Waals surface area contributed by atoms with E-state index in [9.17, 15) is 14.9 Å². The molecule has 0 amide bonds. The second-order valence-electron chi connectivity index (χ2n) is 3.76. The van der Waals surface area contributed by atoms with Gasteiger partial charge in [-0.05, 0) is 23.8 Å². The number of carbonyl (C=O) groups excluding carboxylic acids is 1. The molecule has 0 unspecified atom stereocenters. The van der Waals surface area contributed by atoms with Gasteiger partial charge in [0.15, 0.2) is 0 Å². The molecule has 0 fully saturated rings. The van der Waals surface area contributed by atoms with E-state index in [0.717, 1.165) is 5.39 Å². The van der Waals surface area contributed by atoms with Crippen LogP contribution in [0.1, 0.15) is 5.56 Å². The molecular formula is C13H10N2O4. The molecule has 19 heavy (non-hydrogen) atoms. The van der Waals surface area contributed by atoms with Crippen LogP contribution in [0.15, 0.2) is 36.5 Å². The summed E-state index contributed by atoms with van der Waals surface area (Å²) in [5.41, 5.74) is 1.24. The first-order valence-electron chi connectivity index (χ1n) is 5.40. The minimum Gasteiger partial charge on any atom is -0.466 e. The first-order valence-corrected chi connectivity index (χ1v) is 5.40. The molecule has 2 rings (SSSR count). The van der Waals surface area contributed by atoms with Crippen LogP contribution in [0.25, 0.3) is 17.0 Å². The molecule has 0 aliphatic rings. The van der Waals surface area contributed by atoms with E-state index in [4.69, 9.17) is 0 Å². The summed E-state index contributed by atoms with van der Waals surface area (Å²) in [5.74, 6) is -0.455. The molecule has 1 aromatic heterocycles. The van der Waals surface area contributed by atoms with Crippen LogP contribution in [0.2, 0.25) is 0 Å². The van der Waals surface area contributed by atoms with Gasteiger partial charge >= 0.3 is 5.97 Å². The number of nitrogens with zero attached hydrogens (tertiary/aromatic N) is 2. The van der Waals surface area contributed by atoms with Crippen molar-refractivity contribution in [1.29, 1.82) is 0 Å². The molecule has 0 saturated carbocycles. The van der Waals surface area contributed by atoms with E-state index in [1.807, 2.05) is 0 Å². The van der Waals surface area contributed by atoms with Crippen LogP contribution < -0.4 is 0 Å². The molecule has 1 heterocycles. The number of nitro groups is 1. The van der Waals surface area contributed by atoms with Crippen molar-refractivity contribution in [1.82, 2.24) is 4.98 Å². The maximum absolute atomic E-state index is 11.0. The third-order valence-electron chi connectivity index (χ3n) is 2.51. The Morgan fingerprint density at radius 1 is 1.42 bits per heavy atom. The number of aromatic nitrogens is 1. The van der Waals surface area contributed by atoms with Crippen molar-refractivity contribution in [2.75, 3.05) is 7.11 Å². The molecule has 0 radical (unpaired) electrons. The van der Waals surface area contributed by atoms with Crippen molar-refractivity contribution in [3.63, 3.8) is 0 Å². The van der Waals surface area contributed by atoms with Crippen LogP contribution >= 0.6 is 0 Å². The number of nitro benzene ring substituents is 1. The molecule has 0 N–H and O–H groups in total. The Morgan fingerprint density at radius 3 is 2.89 bits per heavy atom. The van der Waals surface area contributed by atoms with Gasteiger partial charge in [0, 0.05) is 29.8 Å². The van der Waals surface area contributed by atoms with Crippen LogP contribution in [0.4, 0.5) is 5.69 Å². The summed E-state index contributed by atoms with van der Waals surface area (Å²) in [7, 11) is 1.30. The highest BCUT2D eigenvalue weighted by atomic mass is 16.6. The van der Waals surface area contributed by atoms with Crippen molar-refractivity contribution in [2.24, 2.45) is 0 Å². The SMILES string of the molecule is COC(=O)/C=C/c1cnc2cc([N+](=O)[O-])ccc2c1. The van der Waals surface area contributed by atoms with E-state index in [2.05, 4.69) is 9.72 Å². The lowest BCUT2D eigenvalue weighted by molar-refractivity contribution is -0.384. The highest BCUT2D eigenvalue weighted by molar-refractivity contribution is 5.88. The molecule has 6 heteroatoms. The quantitative estimate of drug-likeness (QED) is 0.365. The van der Waals surface area contributed by atoms with Crippen LogP contribution in [-0.4, -0.2) is 23.0 Å². The number of carbonyl (C=O) groups is 1. The molecule has 96 valence electrons. The summed E-state index contributed by atoms with van der Waals surface area (Å²) in [5, 5.41) is 11.4. The maximum atomic E-state index is 11.0. The highest BCUT2D eigenvalue weighted by Crippen LogP contribution is 2.20. The average molecular weight is 258 g/mol. The number of pyridine rings is 1. The fraction of sp³-hybridized carbons (Fsp3) is 0.0769. The summed E-state index contributed by atoms with van der Waals surface area (Å²) in [6, 6.07) is 6.22. The Labute approximate surface area is 108 Å². The minimum absolute atomic E-state index is 0.00199. The molecule has 0 spiro atoms. The summed E-state index contributed by atoms with van der Waals surface area (Å²) < 4.78 is 4.48. The van der Waals surface area contributed by atoms with Crippen molar-refractivity contribution in [3.8, 4) is 0 Å². The van der Waals surface area contributed by atoms with Crippen molar-refractivity contribution in [2.45, 2.75) is 0 Å². The number of esters is 1. The molecule has 0 aliphatic heterocycles. The lowest BCUT2D eigenvalue weighted by Crippen LogP contribution is -1.93. The second kappa shape index (κ2) is 5.26. The molecule has 0 aliphatic carbocycles. The Kier molecular flexibility index (Phi) is 3.51. The van der Waals surface area contributed by atoms with Crippen LogP contribution in [0, 0.1) is 10.1 Å². The Morgan fingerprint density at radius 2 is 2.21 bits per heavy atom. The molecular weight excluding hydrogens is 248 g/mol. The second-order valence-corrected chi connectivity index (χ2v) is 3.76. The largest absolute Gasteiger partial charge is 0.466 e. The number of hydrogen-bond acceptors (Lipinski definition) is 5. The van der Waals surface area contributed by atoms with Crippen molar-refractivity contribution in [3.05, 3.63) is 52.2 Å². The molecule has 0 atom stereocenters. The normalized spacial score (nSPS) is 10.8. The monoisotopic (exact) mass is 258 g/mol. The van der Waals surface area contributed by atoms with Crippen molar-refractivity contribution < 1.29 is 14.5 Å². The number of hydrogen-bond donors (Lipinski definition) is 0. The van der Waals surface area contributed by atoms with Gasteiger partial charge in [-0.15, -0.1) is 0 Å². The van der Waals surface area contributed by atoms with Gasteiger partial charge in [-0.2, -0.15) is 0 Å². The highest BCUT2D eigenvalue weighted by Gasteiger charge is 2.06. The van der Waals surface area contributed by atoms with E-state index in [0.29, 0.717) is 11.1 Å². The molecule has 6 nitrogen and oxygen atoms in total. The molecule has 0 bridgehead atoms. The van der Waals surface area contributed by atoms with E-state index in [1.54, 1.807) is 18.2 Å². The predicted molar refractivity (Wildman–Crippen MR) is 69.4 cm³/mol. The smallest absolute Gasteiger partial charge is 0.330 e. The van der Waals surface area contributed by atoms with Gasteiger partial charge in [0.05, 0.1) is 17.5 Å². The zero-order valence-corrected chi connectivity index (χ0v) is 10.1. The van der Waals surface area contributed by atoms with Gasteiger partial charge in [-0.1, -0.05) is 0 Å². The van der Waals surface area contributed by atoms with Crippen LogP contribution in [0.3, 0.4) is 0 Å². The zero-order valence-electron chi connectivity index (χ0n) is 10.1. The lowest BCUT2D eigenvalue weighted by Gasteiger charge is -1.99. The van der Waals surface area contributed by atoms with Gasteiger partial charge < -0.3 is 4.74 Å². The topological polar surface area (TPSA) is 82.3 Å². The standard InChI is InChI=1S/C13H10N2O4/c1-19-13(16)5-2-9-6-10-3-4-11(15(17)18)7-12(10)14-8-9/h2-8H,1H3/b5-2+. The Balaban J connectivity index is 2.36. The summed E-state index contributed by atoms with van der Waals surface area (Å²) in [6.07, 6.45) is 4.39. The fourth-order valence-electron chi connectivity index (χ4n) is 1.56.